The third kappa shape index (κ3) is 9.07. The van der Waals surface area contributed by atoms with Gasteiger partial charge in [0.25, 0.3) is 0 Å². The second-order valence-corrected chi connectivity index (χ2v) is 12.1. The molecule has 1 aromatic heterocycles. The SMILES string of the molecule is Cc1ncsc1-c1ccc(CCNC(=O)[C@@H]2C[C@@H](O)CN2C(=O)C(C)(C)[C@H](C)NC(=O)COCCCCC(=O)O)cc1. The molecule has 1 aliphatic heterocycles. The van der Waals surface area contributed by atoms with E-state index in [-0.39, 0.29) is 44.4 Å². The van der Waals surface area contributed by atoms with Gasteiger partial charge in [-0.25, -0.2) is 4.98 Å². The highest BCUT2D eigenvalue weighted by atomic mass is 32.1. The Bertz CT molecular complexity index is 1230. The van der Waals surface area contributed by atoms with Gasteiger partial charge in [0.2, 0.25) is 17.7 Å². The molecule has 3 amide bonds. The van der Waals surface area contributed by atoms with Crippen LogP contribution in [0, 0.1) is 12.3 Å². The van der Waals surface area contributed by atoms with Gasteiger partial charge >= 0.3 is 5.97 Å². The van der Waals surface area contributed by atoms with Gasteiger partial charge in [-0.05, 0) is 58.1 Å². The number of nitrogens with zero attached hydrogens (tertiary/aromatic N) is 2. The third-order valence-electron chi connectivity index (χ3n) is 7.69. The lowest BCUT2D eigenvalue weighted by atomic mass is 9.83. The normalized spacial score (nSPS) is 17.6. The molecule has 0 unspecified atom stereocenters. The van der Waals surface area contributed by atoms with E-state index in [9.17, 15) is 24.3 Å². The van der Waals surface area contributed by atoms with Crippen LogP contribution >= 0.6 is 11.3 Å². The number of likely N-dealkylation sites (tertiary alicyclic amines) is 1. The predicted molar refractivity (Wildman–Crippen MR) is 159 cm³/mol. The zero-order valence-electron chi connectivity index (χ0n) is 24.7. The summed E-state index contributed by atoms with van der Waals surface area (Å²) in [7, 11) is 0. The number of nitrogens with one attached hydrogen (secondary N) is 2. The van der Waals surface area contributed by atoms with Crippen LogP contribution in [0.2, 0.25) is 0 Å². The summed E-state index contributed by atoms with van der Waals surface area (Å²) in [5, 5.41) is 24.7. The molecule has 2 heterocycles. The number of aliphatic hydroxyl groups is 1. The first-order chi connectivity index (χ1) is 19.9. The summed E-state index contributed by atoms with van der Waals surface area (Å²) in [6, 6.07) is 6.76. The largest absolute Gasteiger partial charge is 0.481 e. The maximum atomic E-state index is 13.6. The van der Waals surface area contributed by atoms with E-state index in [1.807, 2.05) is 36.7 Å². The summed E-state index contributed by atoms with van der Waals surface area (Å²) >= 11 is 1.60. The number of benzene rings is 1. The van der Waals surface area contributed by atoms with Crippen molar-refractivity contribution in [3.8, 4) is 10.4 Å². The Morgan fingerprint density at radius 3 is 2.55 bits per heavy atom. The second-order valence-electron chi connectivity index (χ2n) is 11.3. The van der Waals surface area contributed by atoms with Crippen LogP contribution in [0.5, 0.6) is 0 Å². The Morgan fingerprint density at radius 2 is 1.90 bits per heavy atom. The molecule has 1 saturated heterocycles. The van der Waals surface area contributed by atoms with Gasteiger partial charge in [0.15, 0.2) is 0 Å². The van der Waals surface area contributed by atoms with Gasteiger partial charge in [0.1, 0.15) is 12.6 Å². The van der Waals surface area contributed by atoms with Crippen LogP contribution in [-0.4, -0.2) is 88.3 Å². The number of carbonyl (C=O) groups is 4. The van der Waals surface area contributed by atoms with Gasteiger partial charge in [-0.3, -0.25) is 19.2 Å². The van der Waals surface area contributed by atoms with E-state index in [1.54, 1.807) is 32.1 Å². The maximum Gasteiger partial charge on any atom is 0.303 e. The van der Waals surface area contributed by atoms with Gasteiger partial charge in [0.05, 0.1) is 27.6 Å². The molecule has 1 aliphatic rings. The minimum absolute atomic E-state index is 0.0406. The van der Waals surface area contributed by atoms with Crippen LogP contribution in [0.1, 0.15) is 57.7 Å². The van der Waals surface area contributed by atoms with Crippen molar-refractivity contribution in [3.05, 3.63) is 41.0 Å². The number of aliphatic hydroxyl groups excluding tert-OH is 1. The number of carbonyl (C=O) groups excluding carboxylic acids is 3. The Hall–Kier alpha value is -3.35. The van der Waals surface area contributed by atoms with E-state index < -0.39 is 35.5 Å². The van der Waals surface area contributed by atoms with Crippen LogP contribution in [-0.2, 0) is 30.3 Å². The lowest BCUT2D eigenvalue weighted by Crippen LogP contribution is -2.56. The summed E-state index contributed by atoms with van der Waals surface area (Å²) in [5.74, 6) is -1.92. The summed E-state index contributed by atoms with van der Waals surface area (Å²) < 4.78 is 5.32. The number of aliphatic carboxylic acids is 1. The highest BCUT2D eigenvalue weighted by Crippen LogP contribution is 2.30. The van der Waals surface area contributed by atoms with Gasteiger partial charge < -0.3 is 30.5 Å². The highest BCUT2D eigenvalue weighted by Gasteiger charge is 2.46. The number of hydrogen-bond acceptors (Lipinski definition) is 8. The average Bonchev–Trinajstić information content (AvgIpc) is 3.55. The van der Waals surface area contributed by atoms with Crippen molar-refractivity contribution in [3.63, 3.8) is 0 Å². The minimum atomic E-state index is -1.06. The minimum Gasteiger partial charge on any atom is -0.481 e. The summed E-state index contributed by atoms with van der Waals surface area (Å²) in [4.78, 5) is 56.5. The fourth-order valence-electron chi connectivity index (χ4n) is 4.80. The number of hydrogen-bond donors (Lipinski definition) is 4. The molecule has 1 fully saturated rings. The average molecular weight is 603 g/mol. The van der Waals surface area contributed by atoms with Gasteiger partial charge in [-0.2, -0.15) is 0 Å². The molecule has 12 heteroatoms. The summed E-state index contributed by atoms with van der Waals surface area (Å²) in [5.41, 5.74) is 3.93. The molecule has 0 bridgehead atoms. The molecule has 42 heavy (non-hydrogen) atoms. The zero-order chi connectivity index (χ0) is 30.9. The van der Waals surface area contributed by atoms with Gasteiger partial charge in [0, 0.05) is 38.6 Å². The van der Waals surface area contributed by atoms with E-state index in [1.165, 1.54) is 4.90 Å². The van der Waals surface area contributed by atoms with Crippen LogP contribution in [0.15, 0.2) is 29.8 Å². The molecule has 1 aromatic carbocycles. The maximum absolute atomic E-state index is 13.6. The number of ether oxygens (including phenoxy) is 1. The number of carboxylic acids is 1. The van der Waals surface area contributed by atoms with Gasteiger partial charge in [-0.15, -0.1) is 11.3 Å². The monoisotopic (exact) mass is 602 g/mol. The number of aromatic nitrogens is 1. The molecule has 11 nitrogen and oxygen atoms in total. The highest BCUT2D eigenvalue weighted by molar-refractivity contribution is 7.13. The molecular weight excluding hydrogens is 560 g/mol. The lowest BCUT2D eigenvalue weighted by molar-refractivity contribution is -0.147. The third-order valence-corrected chi connectivity index (χ3v) is 8.67. The standard InChI is InChI=1S/C30H42N4O7S/c1-19-27(42-18-32-19)22-10-8-21(9-11-22)12-13-31-28(39)24-15-23(35)16-34(24)29(40)30(3,4)20(2)33-25(36)17-41-14-6-5-7-26(37)38/h8-11,18,20,23-24,35H,5-7,12-17H2,1-4H3,(H,31,39)(H,33,36)(H,37,38)/t20-,23+,24-/m0/s1. The Kier molecular flexibility index (Phi) is 12.0. The van der Waals surface area contributed by atoms with Crippen molar-refractivity contribution in [2.75, 3.05) is 26.3 Å². The predicted octanol–water partition coefficient (Wildman–Crippen LogP) is 2.54. The fraction of sp³-hybridized carbons (Fsp3) is 0.567. The molecule has 0 saturated carbocycles. The van der Waals surface area contributed by atoms with Crippen LogP contribution in [0.25, 0.3) is 10.4 Å². The van der Waals surface area contributed by atoms with Crippen molar-refractivity contribution in [1.29, 1.82) is 0 Å². The molecule has 0 spiro atoms. The van der Waals surface area contributed by atoms with Crippen molar-refractivity contribution in [2.24, 2.45) is 5.41 Å². The molecule has 230 valence electrons. The number of rotatable bonds is 15. The van der Waals surface area contributed by atoms with Crippen molar-refractivity contribution >= 4 is 35.0 Å². The van der Waals surface area contributed by atoms with Crippen LogP contribution < -0.4 is 10.6 Å². The number of β-amino-alcohol motifs (C(OH)–C–C–N with tert-alkyl or cyclic N) is 1. The van der Waals surface area contributed by atoms with E-state index in [2.05, 4.69) is 15.6 Å². The van der Waals surface area contributed by atoms with Crippen molar-refractivity contribution in [1.82, 2.24) is 20.5 Å². The first-order valence-corrected chi connectivity index (χ1v) is 15.1. The number of unbranched alkanes of at least 4 members (excludes halogenated alkanes) is 1. The van der Waals surface area contributed by atoms with E-state index >= 15 is 0 Å². The van der Waals surface area contributed by atoms with Crippen molar-refractivity contribution < 1.29 is 34.1 Å². The molecule has 3 atom stereocenters. The second kappa shape index (κ2) is 15.2. The molecule has 3 rings (SSSR count). The Labute approximate surface area is 250 Å². The molecule has 2 aromatic rings. The number of thiazole rings is 1. The van der Waals surface area contributed by atoms with E-state index in [4.69, 9.17) is 9.84 Å². The van der Waals surface area contributed by atoms with Crippen LogP contribution in [0.3, 0.4) is 0 Å². The number of carboxylic acid groups (broad SMARTS) is 1. The van der Waals surface area contributed by atoms with Crippen LogP contribution in [0.4, 0.5) is 0 Å². The topological polar surface area (TPSA) is 158 Å². The van der Waals surface area contributed by atoms with Crippen molar-refractivity contribution in [2.45, 2.75) is 78.0 Å². The number of aryl methyl sites for hydroxylation is 1. The first kappa shape index (κ1) is 33.2. The zero-order valence-corrected chi connectivity index (χ0v) is 25.5. The Balaban J connectivity index is 1.48. The summed E-state index contributed by atoms with van der Waals surface area (Å²) in [6.45, 7) is 7.58. The summed E-state index contributed by atoms with van der Waals surface area (Å²) in [6.07, 6.45) is 0.989. The van der Waals surface area contributed by atoms with E-state index in [0.29, 0.717) is 25.8 Å². The smallest absolute Gasteiger partial charge is 0.303 e. The number of amides is 3. The Morgan fingerprint density at radius 1 is 1.19 bits per heavy atom. The van der Waals surface area contributed by atoms with E-state index in [0.717, 1.165) is 21.7 Å². The lowest BCUT2D eigenvalue weighted by Gasteiger charge is -2.36. The van der Waals surface area contributed by atoms with Gasteiger partial charge in [-0.1, -0.05) is 24.3 Å². The quantitative estimate of drug-likeness (QED) is 0.227. The first-order valence-electron chi connectivity index (χ1n) is 14.2. The molecule has 0 radical (unpaired) electrons. The molecule has 4 N–H and O–H groups in total. The molecular formula is C30H42N4O7S. The fourth-order valence-corrected chi connectivity index (χ4v) is 5.61. The molecule has 0 aliphatic carbocycles.